The van der Waals surface area contributed by atoms with Crippen molar-refractivity contribution in [2.45, 2.75) is 12.5 Å². The molecular formula is C9H10N4O. The predicted octanol–water partition coefficient (Wildman–Crippen LogP) is -0.0807. The van der Waals surface area contributed by atoms with Crippen LogP contribution in [-0.2, 0) is 0 Å². The van der Waals surface area contributed by atoms with Crippen LogP contribution in [0.1, 0.15) is 12.1 Å². The van der Waals surface area contributed by atoms with E-state index in [1.165, 1.54) is 6.20 Å². The summed E-state index contributed by atoms with van der Waals surface area (Å²) >= 11 is 0. The highest BCUT2D eigenvalue weighted by molar-refractivity contribution is 5.50. The molecule has 0 aromatic carbocycles. The van der Waals surface area contributed by atoms with E-state index in [9.17, 15) is 5.11 Å². The number of aliphatic hydroxyl groups is 1. The zero-order chi connectivity index (χ0) is 9.97. The van der Waals surface area contributed by atoms with E-state index in [-0.39, 0.29) is 6.10 Å². The Morgan fingerprint density at radius 2 is 2.29 bits per heavy atom. The van der Waals surface area contributed by atoms with Gasteiger partial charge in [-0.25, -0.2) is 9.97 Å². The Hall–Kier alpha value is -1.67. The molecule has 1 aromatic heterocycles. The predicted molar refractivity (Wildman–Crippen MR) is 49.6 cm³/mol. The SMILES string of the molecule is N#Cc1nccnc1N1CC[C@H](O)C1. The fraction of sp³-hybridized carbons (Fsp3) is 0.444. The Morgan fingerprint density at radius 3 is 2.93 bits per heavy atom. The molecule has 0 unspecified atom stereocenters. The van der Waals surface area contributed by atoms with Crippen molar-refractivity contribution in [1.29, 1.82) is 5.26 Å². The highest BCUT2D eigenvalue weighted by Gasteiger charge is 2.23. The van der Waals surface area contributed by atoms with Gasteiger partial charge in [0.15, 0.2) is 11.5 Å². The maximum atomic E-state index is 9.35. The van der Waals surface area contributed by atoms with Crippen molar-refractivity contribution >= 4 is 5.82 Å². The number of hydrogen-bond acceptors (Lipinski definition) is 5. The first-order chi connectivity index (χ1) is 6.81. The Balaban J connectivity index is 2.28. The van der Waals surface area contributed by atoms with Crippen LogP contribution in [0.15, 0.2) is 12.4 Å². The van der Waals surface area contributed by atoms with Gasteiger partial charge in [0.1, 0.15) is 6.07 Å². The van der Waals surface area contributed by atoms with Crippen LogP contribution in [-0.4, -0.2) is 34.3 Å². The van der Waals surface area contributed by atoms with E-state index in [1.54, 1.807) is 6.20 Å². The van der Waals surface area contributed by atoms with E-state index in [0.717, 1.165) is 13.0 Å². The first-order valence-electron chi connectivity index (χ1n) is 4.45. The number of aromatic nitrogens is 2. The molecule has 1 N–H and O–H groups in total. The lowest BCUT2D eigenvalue weighted by molar-refractivity contribution is 0.198. The quantitative estimate of drug-likeness (QED) is 0.670. The lowest BCUT2D eigenvalue weighted by Crippen LogP contribution is -2.23. The number of anilines is 1. The normalized spacial score (nSPS) is 20.9. The molecule has 14 heavy (non-hydrogen) atoms. The topological polar surface area (TPSA) is 73.0 Å². The largest absolute Gasteiger partial charge is 0.391 e. The molecule has 0 aliphatic carbocycles. The van der Waals surface area contributed by atoms with Crippen molar-refractivity contribution in [3.05, 3.63) is 18.1 Å². The van der Waals surface area contributed by atoms with Gasteiger partial charge < -0.3 is 10.0 Å². The average Bonchev–Trinajstić information content (AvgIpc) is 2.65. The Bertz CT molecular complexity index is 373. The standard InChI is InChI=1S/C9H10N4O/c10-5-8-9(12-3-2-11-8)13-4-1-7(14)6-13/h2-3,7,14H,1,4,6H2/t7-/m0/s1. The maximum Gasteiger partial charge on any atom is 0.183 e. The maximum absolute atomic E-state index is 9.35. The van der Waals surface area contributed by atoms with Crippen LogP contribution in [0.2, 0.25) is 0 Å². The third kappa shape index (κ3) is 1.52. The smallest absolute Gasteiger partial charge is 0.183 e. The molecule has 0 saturated carbocycles. The summed E-state index contributed by atoms with van der Waals surface area (Å²) in [6.07, 6.45) is 3.46. The average molecular weight is 190 g/mol. The minimum atomic E-state index is -0.316. The third-order valence-electron chi connectivity index (χ3n) is 2.25. The van der Waals surface area contributed by atoms with Crippen molar-refractivity contribution in [2.24, 2.45) is 0 Å². The summed E-state index contributed by atoms with van der Waals surface area (Å²) in [5, 5.41) is 18.2. The first kappa shape index (κ1) is 8.91. The van der Waals surface area contributed by atoms with E-state index >= 15 is 0 Å². The van der Waals surface area contributed by atoms with E-state index in [1.807, 2.05) is 11.0 Å². The van der Waals surface area contributed by atoms with Gasteiger partial charge in [0.05, 0.1) is 6.10 Å². The van der Waals surface area contributed by atoms with Crippen LogP contribution in [0, 0.1) is 11.3 Å². The Kier molecular flexibility index (Phi) is 2.29. The molecule has 2 rings (SSSR count). The van der Waals surface area contributed by atoms with Crippen molar-refractivity contribution in [1.82, 2.24) is 9.97 Å². The van der Waals surface area contributed by atoms with Crippen LogP contribution in [0.25, 0.3) is 0 Å². The third-order valence-corrected chi connectivity index (χ3v) is 2.25. The van der Waals surface area contributed by atoms with E-state index in [0.29, 0.717) is 18.1 Å². The number of β-amino-alcohol motifs (C(OH)–C–C–N with tert-alkyl or cyclic N) is 1. The molecular weight excluding hydrogens is 180 g/mol. The Labute approximate surface area is 81.6 Å². The number of rotatable bonds is 1. The molecule has 2 heterocycles. The Morgan fingerprint density at radius 1 is 1.50 bits per heavy atom. The van der Waals surface area contributed by atoms with E-state index in [2.05, 4.69) is 9.97 Å². The molecule has 0 radical (unpaired) electrons. The molecule has 1 aliphatic heterocycles. The van der Waals surface area contributed by atoms with Crippen LogP contribution in [0.3, 0.4) is 0 Å². The molecule has 5 heteroatoms. The van der Waals surface area contributed by atoms with Gasteiger partial charge in [0.25, 0.3) is 0 Å². The molecule has 1 saturated heterocycles. The zero-order valence-corrected chi connectivity index (χ0v) is 7.59. The van der Waals surface area contributed by atoms with E-state index in [4.69, 9.17) is 5.26 Å². The molecule has 1 atom stereocenters. The lowest BCUT2D eigenvalue weighted by atomic mass is 10.3. The summed E-state index contributed by atoms with van der Waals surface area (Å²) in [4.78, 5) is 9.90. The summed E-state index contributed by atoms with van der Waals surface area (Å²) in [7, 11) is 0. The molecule has 5 nitrogen and oxygen atoms in total. The van der Waals surface area contributed by atoms with Crippen LogP contribution < -0.4 is 4.90 Å². The highest BCUT2D eigenvalue weighted by atomic mass is 16.3. The van der Waals surface area contributed by atoms with Gasteiger partial charge in [0.2, 0.25) is 0 Å². The van der Waals surface area contributed by atoms with E-state index < -0.39 is 0 Å². The number of nitriles is 1. The minimum absolute atomic E-state index is 0.316. The monoisotopic (exact) mass is 190 g/mol. The van der Waals surface area contributed by atoms with Crippen molar-refractivity contribution in [3.63, 3.8) is 0 Å². The molecule has 0 bridgehead atoms. The summed E-state index contributed by atoms with van der Waals surface area (Å²) in [6.45, 7) is 1.27. The molecule has 0 spiro atoms. The zero-order valence-electron chi connectivity index (χ0n) is 7.59. The molecule has 72 valence electrons. The van der Waals surface area contributed by atoms with Crippen LogP contribution in [0.4, 0.5) is 5.82 Å². The van der Waals surface area contributed by atoms with Gasteiger partial charge in [-0.05, 0) is 6.42 Å². The van der Waals surface area contributed by atoms with Gasteiger partial charge >= 0.3 is 0 Å². The highest BCUT2D eigenvalue weighted by Crippen LogP contribution is 2.19. The summed E-state index contributed by atoms with van der Waals surface area (Å²) in [6, 6.07) is 1.99. The second-order valence-electron chi connectivity index (χ2n) is 3.23. The van der Waals surface area contributed by atoms with Crippen LogP contribution >= 0.6 is 0 Å². The number of hydrogen-bond donors (Lipinski definition) is 1. The van der Waals surface area contributed by atoms with Crippen LogP contribution in [0.5, 0.6) is 0 Å². The first-order valence-corrected chi connectivity index (χ1v) is 4.45. The number of nitrogens with zero attached hydrogens (tertiary/aromatic N) is 4. The second kappa shape index (κ2) is 3.60. The number of aliphatic hydroxyl groups excluding tert-OH is 1. The molecule has 1 aromatic rings. The van der Waals surface area contributed by atoms with Gasteiger partial charge in [-0.2, -0.15) is 5.26 Å². The van der Waals surface area contributed by atoms with Crippen molar-refractivity contribution in [2.75, 3.05) is 18.0 Å². The van der Waals surface area contributed by atoms with Gasteiger partial charge in [0, 0.05) is 25.5 Å². The fourth-order valence-electron chi connectivity index (χ4n) is 1.58. The summed E-state index contributed by atoms with van der Waals surface area (Å²) < 4.78 is 0. The molecule has 1 aliphatic rings. The second-order valence-corrected chi connectivity index (χ2v) is 3.23. The van der Waals surface area contributed by atoms with Crippen molar-refractivity contribution < 1.29 is 5.11 Å². The van der Waals surface area contributed by atoms with Gasteiger partial charge in [-0.1, -0.05) is 0 Å². The molecule has 0 amide bonds. The summed E-state index contributed by atoms with van der Waals surface area (Å²) in [5.41, 5.74) is 0.321. The fourth-order valence-corrected chi connectivity index (χ4v) is 1.58. The minimum Gasteiger partial charge on any atom is -0.391 e. The lowest BCUT2D eigenvalue weighted by Gasteiger charge is -2.16. The summed E-state index contributed by atoms with van der Waals surface area (Å²) in [5.74, 6) is 0.576. The van der Waals surface area contributed by atoms with Crippen molar-refractivity contribution in [3.8, 4) is 6.07 Å². The van der Waals surface area contributed by atoms with Gasteiger partial charge in [-0.15, -0.1) is 0 Å². The van der Waals surface area contributed by atoms with Gasteiger partial charge in [-0.3, -0.25) is 0 Å². The molecule has 1 fully saturated rings.